The Bertz CT molecular complexity index is 1060. The van der Waals surface area contributed by atoms with E-state index in [0.717, 1.165) is 36.4 Å². The minimum atomic E-state index is -0.711. The average molecular weight is 389 g/mol. The zero-order valence-electron chi connectivity index (χ0n) is 16.1. The molecule has 1 fully saturated rings. The number of carboxylic acids is 1. The number of aliphatic carboxylic acids is 1. The summed E-state index contributed by atoms with van der Waals surface area (Å²) in [5, 5.41) is 12.0. The molecule has 5 nitrogen and oxygen atoms in total. The maximum Gasteiger partial charge on any atom is 0.307 e. The van der Waals surface area contributed by atoms with Crippen molar-refractivity contribution in [1.29, 1.82) is 0 Å². The Morgan fingerprint density at radius 2 is 1.86 bits per heavy atom. The first-order valence-corrected chi connectivity index (χ1v) is 10.0. The highest BCUT2D eigenvalue weighted by Gasteiger charge is 2.32. The van der Waals surface area contributed by atoms with Crippen LogP contribution >= 0.6 is 0 Å². The summed E-state index contributed by atoms with van der Waals surface area (Å²) in [5.41, 5.74) is 2.28. The van der Waals surface area contributed by atoms with Crippen molar-refractivity contribution in [2.75, 3.05) is 19.9 Å². The minimum Gasteiger partial charge on any atom is -0.481 e. The number of piperidine rings is 1. The van der Waals surface area contributed by atoms with E-state index in [1.54, 1.807) is 0 Å². The van der Waals surface area contributed by atoms with Gasteiger partial charge in [0.25, 0.3) is 0 Å². The van der Waals surface area contributed by atoms with Gasteiger partial charge in [0.2, 0.25) is 6.79 Å². The van der Waals surface area contributed by atoms with Crippen LogP contribution in [0.2, 0.25) is 0 Å². The molecule has 1 N–H and O–H groups in total. The fourth-order valence-corrected chi connectivity index (χ4v) is 4.60. The predicted molar refractivity (Wildman–Crippen MR) is 110 cm³/mol. The Labute approximate surface area is 169 Å². The molecule has 0 bridgehead atoms. The summed E-state index contributed by atoms with van der Waals surface area (Å²) >= 11 is 0. The van der Waals surface area contributed by atoms with E-state index >= 15 is 0 Å². The molecule has 2 aliphatic heterocycles. The van der Waals surface area contributed by atoms with Crippen molar-refractivity contribution in [3.05, 3.63) is 71.8 Å². The second-order valence-electron chi connectivity index (χ2n) is 7.76. The quantitative estimate of drug-likeness (QED) is 0.714. The number of ether oxygens (including phenoxy) is 2. The Hall–Kier alpha value is -3.05. The fourth-order valence-electron chi connectivity index (χ4n) is 4.60. The van der Waals surface area contributed by atoms with E-state index in [9.17, 15) is 9.90 Å². The van der Waals surface area contributed by atoms with Gasteiger partial charge < -0.3 is 14.6 Å². The van der Waals surface area contributed by atoms with E-state index in [4.69, 9.17) is 9.47 Å². The van der Waals surface area contributed by atoms with Crippen molar-refractivity contribution in [2.24, 2.45) is 5.92 Å². The third-order valence-electron chi connectivity index (χ3n) is 6.00. The second kappa shape index (κ2) is 7.41. The molecule has 148 valence electrons. The number of likely N-dealkylation sites (tertiary alicyclic amines) is 1. The lowest BCUT2D eigenvalue weighted by Crippen LogP contribution is -2.41. The molecular formula is C24H23NO4. The van der Waals surface area contributed by atoms with Gasteiger partial charge in [0.1, 0.15) is 0 Å². The van der Waals surface area contributed by atoms with Gasteiger partial charge in [-0.1, -0.05) is 48.5 Å². The molecule has 0 saturated carbocycles. The summed E-state index contributed by atoms with van der Waals surface area (Å²) in [6, 6.07) is 20.7. The first-order valence-electron chi connectivity index (χ1n) is 10.0. The fraction of sp³-hybridized carbons (Fsp3) is 0.292. The van der Waals surface area contributed by atoms with E-state index in [0.29, 0.717) is 6.54 Å². The van der Waals surface area contributed by atoms with Crippen LogP contribution in [0.25, 0.3) is 10.8 Å². The summed E-state index contributed by atoms with van der Waals surface area (Å²) in [6.07, 6.45) is 1.61. The number of hydrogen-bond acceptors (Lipinski definition) is 4. The smallest absolute Gasteiger partial charge is 0.307 e. The van der Waals surface area contributed by atoms with E-state index in [-0.39, 0.29) is 18.8 Å². The average Bonchev–Trinajstić information content (AvgIpc) is 3.22. The molecule has 3 aromatic carbocycles. The van der Waals surface area contributed by atoms with Gasteiger partial charge in [-0.2, -0.15) is 0 Å². The molecule has 1 saturated heterocycles. The molecule has 3 aromatic rings. The van der Waals surface area contributed by atoms with Crippen LogP contribution in [0.5, 0.6) is 11.5 Å². The van der Waals surface area contributed by atoms with Crippen LogP contribution in [0.3, 0.4) is 0 Å². The van der Waals surface area contributed by atoms with Gasteiger partial charge in [-0.15, -0.1) is 0 Å². The number of nitrogens with zero attached hydrogens (tertiary/aromatic N) is 1. The highest BCUT2D eigenvalue weighted by Crippen LogP contribution is 2.40. The Balaban J connectivity index is 1.64. The van der Waals surface area contributed by atoms with Crippen molar-refractivity contribution < 1.29 is 19.4 Å². The van der Waals surface area contributed by atoms with E-state index < -0.39 is 5.97 Å². The summed E-state index contributed by atoms with van der Waals surface area (Å²) < 4.78 is 11.1. The number of hydrogen-bond donors (Lipinski definition) is 1. The third-order valence-corrected chi connectivity index (χ3v) is 6.00. The van der Waals surface area contributed by atoms with Crippen LogP contribution in [0, 0.1) is 5.92 Å². The molecule has 2 atom stereocenters. The van der Waals surface area contributed by atoms with E-state index in [1.807, 2.05) is 18.2 Å². The lowest BCUT2D eigenvalue weighted by Gasteiger charge is -2.38. The molecule has 2 aliphatic rings. The topological polar surface area (TPSA) is 59.0 Å². The molecule has 5 heteroatoms. The van der Waals surface area contributed by atoms with Gasteiger partial charge in [0, 0.05) is 6.54 Å². The summed E-state index contributed by atoms with van der Waals surface area (Å²) in [4.78, 5) is 14.0. The van der Waals surface area contributed by atoms with Gasteiger partial charge in [-0.25, -0.2) is 0 Å². The third kappa shape index (κ3) is 3.32. The van der Waals surface area contributed by atoms with Crippen molar-refractivity contribution in [3.63, 3.8) is 0 Å². The summed E-state index contributed by atoms with van der Waals surface area (Å²) in [6.45, 7) is 1.65. The molecule has 2 unspecified atom stereocenters. The van der Waals surface area contributed by atoms with Crippen LogP contribution in [0.4, 0.5) is 0 Å². The molecule has 0 radical (unpaired) electrons. The second-order valence-corrected chi connectivity index (χ2v) is 7.76. The van der Waals surface area contributed by atoms with E-state index in [2.05, 4.69) is 47.4 Å². The highest BCUT2D eigenvalue weighted by molar-refractivity contribution is 5.86. The van der Waals surface area contributed by atoms with Gasteiger partial charge in [-0.3, -0.25) is 9.69 Å². The Morgan fingerprint density at radius 3 is 2.76 bits per heavy atom. The van der Waals surface area contributed by atoms with Crippen molar-refractivity contribution in [1.82, 2.24) is 4.90 Å². The Morgan fingerprint density at radius 1 is 1.03 bits per heavy atom. The molecular weight excluding hydrogens is 366 g/mol. The van der Waals surface area contributed by atoms with Crippen LogP contribution in [0.15, 0.2) is 60.7 Å². The summed E-state index contributed by atoms with van der Waals surface area (Å²) in [5.74, 6) is 0.458. The standard InChI is InChI=1S/C24H23NO4/c26-24(27)18-7-4-12-25(14-18)23(17-10-11-21-22(13-17)29-15-28-21)20-9-3-6-16-5-1-2-8-19(16)20/h1-3,5-6,8-11,13,18,23H,4,7,12,14-15H2,(H,26,27). The van der Waals surface area contributed by atoms with Crippen LogP contribution in [-0.4, -0.2) is 35.9 Å². The summed E-state index contributed by atoms with van der Waals surface area (Å²) in [7, 11) is 0. The number of fused-ring (bicyclic) bond motifs is 2. The monoisotopic (exact) mass is 389 g/mol. The Kier molecular flexibility index (Phi) is 4.60. The number of carboxylic acid groups (broad SMARTS) is 1. The SMILES string of the molecule is O=C(O)C1CCCN(C(c2ccc3c(c2)OCO3)c2cccc3ccccc23)C1. The molecule has 0 aliphatic carbocycles. The molecule has 0 aromatic heterocycles. The maximum atomic E-state index is 11.7. The lowest BCUT2D eigenvalue weighted by molar-refractivity contribution is -0.143. The van der Waals surface area contributed by atoms with Crippen molar-refractivity contribution in [3.8, 4) is 11.5 Å². The van der Waals surface area contributed by atoms with Crippen LogP contribution in [-0.2, 0) is 4.79 Å². The maximum absolute atomic E-state index is 11.7. The molecule has 2 heterocycles. The van der Waals surface area contributed by atoms with Gasteiger partial charge in [0.15, 0.2) is 11.5 Å². The largest absolute Gasteiger partial charge is 0.481 e. The first-order chi connectivity index (χ1) is 14.2. The number of carbonyl (C=O) groups is 1. The van der Waals surface area contributed by atoms with Crippen molar-refractivity contribution >= 4 is 16.7 Å². The highest BCUT2D eigenvalue weighted by atomic mass is 16.7. The minimum absolute atomic E-state index is 0.0438. The van der Waals surface area contributed by atoms with Gasteiger partial charge >= 0.3 is 5.97 Å². The zero-order chi connectivity index (χ0) is 19.8. The van der Waals surface area contributed by atoms with Crippen LogP contribution in [0.1, 0.15) is 30.0 Å². The van der Waals surface area contributed by atoms with Crippen molar-refractivity contribution in [2.45, 2.75) is 18.9 Å². The van der Waals surface area contributed by atoms with Gasteiger partial charge in [0.05, 0.1) is 12.0 Å². The first kappa shape index (κ1) is 18.0. The molecule has 29 heavy (non-hydrogen) atoms. The normalized spacial score (nSPS) is 19.9. The zero-order valence-corrected chi connectivity index (χ0v) is 16.1. The van der Waals surface area contributed by atoms with Gasteiger partial charge in [-0.05, 0) is 53.4 Å². The van der Waals surface area contributed by atoms with Crippen LogP contribution < -0.4 is 9.47 Å². The molecule has 0 spiro atoms. The molecule has 5 rings (SSSR count). The number of rotatable bonds is 4. The predicted octanol–water partition coefficient (Wildman–Crippen LogP) is 4.45. The number of benzene rings is 3. The van der Waals surface area contributed by atoms with E-state index in [1.165, 1.54) is 16.3 Å². The lowest BCUT2D eigenvalue weighted by atomic mass is 9.89. The molecule has 0 amide bonds.